The first-order chi connectivity index (χ1) is 7.03. The van der Waals surface area contributed by atoms with E-state index in [9.17, 15) is 0 Å². The van der Waals surface area contributed by atoms with E-state index >= 15 is 0 Å². The van der Waals surface area contributed by atoms with Crippen molar-refractivity contribution < 1.29 is 25.3 Å². The second-order valence-electron chi connectivity index (χ2n) is 2.35. The fourth-order valence-corrected chi connectivity index (χ4v) is 0.447. The third kappa shape index (κ3) is 31.3. The van der Waals surface area contributed by atoms with E-state index in [2.05, 4.69) is 19.6 Å². The van der Waals surface area contributed by atoms with Crippen LogP contribution in [0.2, 0.25) is 0 Å². The van der Waals surface area contributed by atoms with Gasteiger partial charge in [0.1, 0.15) is 0 Å². The van der Waals surface area contributed by atoms with Crippen molar-refractivity contribution in [1.29, 1.82) is 0 Å². The van der Waals surface area contributed by atoms with Gasteiger partial charge >= 0.3 is 34.6 Å². The first-order valence-electron chi connectivity index (χ1n) is 4.83. The molecule has 0 aromatic rings. The van der Waals surface area contributed by atoms with E-state index < -0.39 is 0 Å². The molecule has 0 atom stereocenters. The molecule has 0 radical (unpaired) electrons. The molecule has 0 aromatic carbocycles. The van der Waals surface area contributed by atoms with Crippen LogP contribution >= 0.6 is 19.6 Å². The molecule has 0 saturated carbocycles. The molecule has 7 heteroatoms. The normalized spacial score (nSPS) is 8.80. The van der Waals surface area contributed by atoms with Gasteiger partial charge in [-0.2, -0.15) is 10.1 Å². The molecule has 0 aliphatic carbocycles. The van der Waals surface area contributed by atoms with E-state index in [4.69, 9.17) is 10.4 Å². The number of hydrogen-bond donors (Lipinski definition) is 2. The van der Waals surface area contributed by atoms with E-state index in [0.29, 0.717) is 0 Å². The van der Waals surface area contributed by atoms with Crippen molar-refractivity contribution in [3.05, 3.63) is 0 Å². The summed E-state index contributed by atoms with van der Waals surface area (Å²) in [5.41, 5.74) is 0. The van der Waals surface area contributed by atoms with Gasteiger partial charge in [-0.15, -0.1) is 0 Å². The van der Waals surface area contributed by atoms with Crippen molar-refractivity contribution in [3.8, 4) is 0 Å². The quantitative estimate of drug-likeness (QED) is 0.607. The molecule has 0 aliphatic rings. The molecule has 0 bridgehead atoms. The Morgan fingerprint density at radius 3 is 0.933 bits per heavy atom. The van der Waals surface area contributed by atoms with Crippen LogP contribution in [-0.2, 0) is 14.9 Å². The average Bonchev–Trinajstić information content (AvgIpc) is 2.28. The average molecular weight is 338 g/mol. The third-order valence-electron chi connectivity index (χ3n) is 1.46. The molecule has 4 nitrogen and oxygen atoms in total. The van der Waals surface area contributed by atoms with Crippen LogP contribution in [0.1, 0.15) is 27.7 Å². The molecule has 0 spiro atoms. The number of nitrogens with zero attached hydrogens (tertiary/aromatic N) is 2. The fraction of sp³-hybridized carbons (Fsp3) is 1.00. The van der Waals surface area contributed by atoms with Gasteiger partial charge in [-0.25, -0.2) is 0 Å². The fourth-order valence-electron chi connectivity index (χ4n) is 0.447. The summed E-state index contributed by atoms with van der Waals surface area (Å²) in [6.45, 7) is 10.5. The zero-order valence-electron chi connectivity index (χ0n) is 9.84. The van der Waals surface area contributed by atoms with E-state index in [-0.39, 0.29) is 14.9 Å². The molecule has 15 heavy (non-hydrogen) atoms. The van der Waals surface area contributed by atoms with Crippen LogP contribution < -0.4 is 0 Å². The van der Waals surface area contributed by atoms with Crippen LogP contribution in [0.25, 0.3) is 0 Å². The summed E-state index contributed by atoms with van der Waals surface area (Å²) in [5.74, 6) is 0. The SMILES string of the molecule is CCN(O)CC.CCN(O)CC.[S]=[Mo]=[S]. The monoisotopic (exact) mass is 340 g/mol. The second-order valence-corrected chi connectivity index (χ2v) is 5.90. The van der Waals surface area contributed by atoms with Crippen molar-refractivity contribution >= 4 is 19.6 Å². The van der Waals surface area contributed by atoms with Gasteiger partial charge in [0.25, 0.3) is 0 Å². The molecule has 0 amide bonds. The van der Waals surface area contributed by atoms with Gasteiger partial charge in [0.05, 0.1) is 0 Å². The van der Waals surface area contributed by atoms with Crippen molar-refractivity contribution in [2.24, 2.45) is 0 Å². The molecular weight excluding hydrogens is 316 g/mol. The predicted octanol–water partition coefficient (Wildman–Crippen LogP) is 2.73. The van der Waals surface area contributed by atoms with Gasteiger partial charge < -0.3 is 10.4 Å². The van der Waals surface area contributed by atoms with Crippen molar-refractivity contribution in [2.75, 3.05) is 26.2 Å². The maximum absolute atomic E-state index is 8.50. The molecule has 94 valence electrons. The van der Waals surface area contributed by atoms with Crippen LogP contribution in [0, 0.1) is 0 Å². The molecular formula is C8H22MoN2O2S2. The van der Waals surface area contributed by atoms with E-state index in [1.54, 1.807) is 0 Å². The zero-order chi connectivity index (χ0) is 12.7. The Morgan fingerprint density at radius 1 is 0.800 bits per heavy atom. The van der Waals surface area contributed by atoms with Gasteiger partial charge in [0, 0.05) is 26.2 Å². The number of hydrogen-bond acceptors (Lipinski definition) is 6. The maximum atomic E-state index is 8.50. The summed E-state index contributed by atoms with van der Waals surface area (Å²) in [4.78, 5) is 0. The summed E-state index contributed by atoms with van der Waals surface area (Å²) in [5, 5.41) is 19.5. The zero-order valence-corrected chi connectivity index (χ0v) is 13.5. The first kappa shape index (κ1) is 21.3. The summed E-state index contributed by atoms with van der Waals surface area (Å²) in [7, 11) is 8.68. The second kappa shape index (κ2) is 20.4. The molecule has 0 aliphatic heterocycles. The minimum absolute atomic E-state index is 0.363. The van der Waals surface area contributed by atoms with Crippen molar-refractivity contribution in [1.82, 2.24) is 10.1 Å². The van der Waals surface area contributed by atoms with Crippen LogP contribution in [0.4, 0.5) is 0 Å². The third-order valence-corrected chi connectivity index (χ3v) is 1.46. The van der Waals surface area contributed by atoms with Crippen LogP contribution in [0.5, 0.6) is 0 Å². The molecule has 0 aromatic heterocycles. The first-order valence-corrected chi connectivity index (χ1v) is 10.4. The van der Waals surface area contributed by atoms with Crippen LogP contribution in [0.3, 0.4) is 0 Å². The Morgan fingerprint density at radius 2 is 0.933 bits per heavy atom. The molecule has 2 N–H and O–H groups in total. The number of rotatable bonds is 4. The summed E-state index contributed by atoms with van der Waals surface area (Å²) < 4.78 is 0. The summed E-state index contributed by atoms with van der Waals surface area (Å²) in [6.07, 6.45) is 0. The van der Waals surface area contributed by atoms with Crippen molar-refractivity contribution in [2.45, 2.75) is 27.7 Å². The Hall–Kier alpha value is 0.968. The standard InChI is InChI=1S/2C4H11NO.Mo.2S/c2*1-3-5(6)4-2;;;/h2*6H,3-4H2,1-2H3;;;. The van der Waals surface area contributed by atoms with Gasteiger partial charge in [0.15, 0.2) is 0 Å². The Labute approximate surface area is 109 Å². The van der Waals surface area contributed by atoms with Crippen molar-refractivity contribution in [3.63, 3.8) is 0 Å². The van der Waals surface area contributed by atoms with Gasteiger partial charge in [-0.3, -0.25) is 0 Å². The van der Waals surface area contributed by atoms with Crippen LogP contribution in [-0.4, -0.2) is 46.7 Å². The topological polar surface area (TPSA) is 46.9 Å². The van der Waals surface area contributed by atoms with Gasteiger partial charge in [0.2, 0.25) is 0 Å². The van der Waals surface area contributed by atoms with E-state index in [1.165, 1.54) is 10.1 Å². The molecule has 0 unspecified atom stereocenters. The van der Waals surface area contributed by atoms with Gasteiger partial charge in [-0.05, 0) is 0 Å². The predicted molar refractivity (Wildman–Crippen MR) is 64.6 cm³/mol. The van der Waals surface area contributed by atoms with Gasteiger partial charge in [-0.1, -0.05) is 27.7 Å². The number of hydroxylamine groups is 4. The summed E-state index contributed by atoms with van der Waals surface area (Å²) >= 11 is -0.363. The summed E-state index contributed by atoms with van der Waals surface area (Å²) in [6, 6.07) is 0. The Bertz CT molecular complexity index is 129. The molecule has 0 fully saturated rings. The molecule has 0 rings (SSSR count). The molecule has 0 heterocycles. The Balaban J connectivity index is -0.000000153. The molecule has 0 saturated heterocycles. The van der Waals surface area contributed by atoms with E-state index in [1.807, 2.05) is 27.7 Å². The van der Waals surface area contributed by atoms with E-state index in [0.717, 1.165) is 26.2 Å². The minimum atomic E-state index is -0.363. The Kier molecular flexibility index (Phi) is 28.9. The van der Waals surface area contributed by atoms with Crippen LogP contribution in [0.15, 0.2) is 0 Å².